The van der Waals surface area contributed by atoms with E-state index in [0.717, 1.165) is 53.8 Å². The van der Waals surface area contributed by atoms with Crippen LogP contribution in [0, 0.1) is 0 Å². The van der Waals surface area contributed by atoms with E-state index in [0.29, 0.717) is 18.9 Å². The maximum Gasteiger partial charge on any atom is 0.407 e. The average Bonchev–Trinajstić information content (AvgIpc) is 3.58. The molecule has 4 rings (SSSR count). The number of amides is 1. The van der Waals surface area contributed by atoms with E-state index in [1.54, 1.807) is 6.33 Å². The molecule has 2 heterocycles. The molecule has 0 radical (unpaired) electrons. The van der Waals surface area contributed by atoms with Gasteiger partial charge in [0, 0.05) is 18.0 Å². The van der Waals surface area contributed by atoms with Crippen molar-refractivity contribution in [2.24, 2.45) is 0 Å². The fourth-order valence-electron chi connectivity index (χ4n) is 4.40. The first-order valence-corrected chi connectivity index (χ1v) is 13.1. The summed E-state index contributed by atoms with van der Waals surface area (Å²) in [6, 6.07) is 16.5. The van der Waals surface area contributed by atoms with Crippen molar-refractivity contribution >= 4 is 6.09 Å². The predicted molar refractivity (Wildman–Crippen MR) is 145 cm³/mol. The maximum atomic E-state index is 12.1. The zero-order chi connectivity index (χ0) is 27.0. The van der Waals surface area contributed by atoms with Gasteiger partial charge in [0.2, 0.25) is 0 Å². The molecular formula is C28H36N8O2. The summed E-state index contributed by atoms with van der Waals surface area (Å²) in [5.41, 5.74) is 3.68. The van der Waals surface area contributed by atoms with Gasteiger partial charge in [0.25, 0.3) is 0 Å². The predicted octanol–water partition coefficient (Wildman–Crippen LogP) is 5.36. The highest BCUT2D eigenvalue weighted by molar-refractivity contribution is 5.80. The second-order valence-electron chi connectivity index (χ2n) is 10.3. The van der Waals surface area contributed by atoms with E-state index in [1.165, 1.54) is 0 Å². The molecule has 10 nitrogen and oxygen atoms in total. The molecule has 10 heteroatoms. The molecule has 0 bridgehead atoms. The Labute approximate surface area is 223 Å². The van der Waals surface area contributed by atoms with Crippen LogP contribution in [0.5, 0.6) is 0 Å². The van der Waals surface area contributed by atoms with Crippen molar-refractivity contribution in [1.82, 2.24) is 40.7 Å². The van der Waals surface area contributed by atoms with Crippen LogP contribution in [-0.2, 0) is 11.3 Å². The third-order valence-corrected chi connectivity index (χ3v) is 6.20. The van der Waals surface area contributed by atoms with Gasteiger partial charge in [-0.1, -0.05) is 68.3 Å². The number of aromatic amines is 1. The van der Waals surface area contributed by atoms with Gasteiger partial charge in [-0.05, 0) is 60.7 Å². The van der Waals surface area contributed by atoms with Crippen LogP contribution < -0.4 is 5.32 Å². The van der Waals surface area contributed by atoms with E-state index in [-0.39, 0.29) is 5.92 Å². The normalized spacial score (nSPS) is 12.3. The summed E-state index contributed by atoms with van der Waals surface area (Å²) in [4.78, 5) is 16.7. The van der Waals surface area contributed by atoms with Crippen LogP contribution in [0.4, 0.5) is 4.79 Å². The molecule has 4 aromatic rings. The minimum atomic E-state index is -0.517. The van der Waals surface area contributed by atoms with Gasteiger partial charge in [0.1, 0.15) is 17.8 Å². The number of carbonyl (C=O) groups is 1. The molecule has 0 aliphatic carbocycles. The SMILES string of the molecule is CCCCC(CCNC(=O)OC(C)(C)C)c1ncnn1Cc1ccc(-c2ccccc2-c2nnn[nH]2)cc1. The number of ether oxygens (including phenoxy) is 1. The van der Waals surface area contributed by atoms with E-state index in [4.69, 9.17) is 4.74 Å². The molecule has 0 spiro atoms. The smallest absolute Gasteiger partial charge is 0.407 e. The lowest BCUT2D eigenvalue weighted by molar-refractivity contribution is 0.0526. The number of carbonyl (C=O) groups excluding carboxylic acids is 1. The second-order valence-corrected chi connectivity index (χ2v) is 10.3. The Morgan fingerprint density at radius 3 is 2.53 bits per heavy atom. The highest BCUT2D eigenvalue weighted by atomic mass is 16.6. The fraction of sp³-hybridized carbons (Fsp3) is 0.429. The van der Waals surface area contributed by atoms with Crippen LogP contribution in [0.3, 0.4) is 0 Å². The summed E-state index contributed by atoms with van der Waals surface area (Å²) in [6.45, 7) is 8.89. The third kappa shape index (κ3) is 7.24. The third-order valence-electron chi connectivity index (χ3n) is 6.20. The lowest BCUT2D eigenvalue weighted by Crippen LogP contribution is -2.33. The quantitative estimate of drug-likeness (QED) is 0.275. The van der Waals surface area contributed by atoms with Crippen molar-refractivity contribution in [3.63, 3.8) is 0 Å². The number of unbranched alkanes of at least 4 members (excludes halogenated alkanes) is 1. The molecule has 0 aliphatic heterocycles. The molecular weight excluding hydrogens is 480 g/mol. The zero-order valence-electron chi connectivity index (χ0n) is 22.5. The van der Waals surface area contributed by atoms with E-state index in [9.17, 15) is 4.79 Å². The fourth-order valence-corrected chi connectivity index (χ4v) is 4.40. The lowest BCUT2D eigenvalue weighted by Gasteiger charge is -2.21. The minimum absolute atomic E-state index is 0.189. The summed E-state index contributed by atoms with van der Waals surface area (Å²) in [5.74, 6) is 1.77. The molecule has 2 N–H and O–H groups in total. The summed E-state index contributed by atoms with van der Waals surface area (Å²) in [5, 5.41) is 21.7. The zero-order valence-corrected chi connectivity index (χ0v) is 22.5. The monoisotopic (exact) mass is 516 g/mol. The number of nitrogens with zero attached hydrogens (tertiary/aromatic N) is 6. The van der Waals surface area contributed by atoms with Crippen molar-refractivity contribution in [1.29, 1.82) is 0 Å². The van der Waals surface area contributed by atoms with Crippen LogP contribution in [0.1, 0.15) is 70.7 Å². The van der Waals surface area contributed by atoms with Gasteiger partial charge in [0.15, 0.2) is 5.82 Å². The molecule has 1 atom stereocenters. The number of hydrogen-bond donors (Lipinski definition) is 2. The molecule has 2 aromatic heterocycles. The van der Waals surface area contributed by atoms with Gasteiger partial charge in [-0.2, -0.15) is 5.10 Å². The number of benzene rings is 2. The van der Waals surface area contributed by atoms with Gasteiger partial charge in [-0.15, -0.1) is 5.10 Å². The standard InChI is InChI=1S/C28H36N8O2/c1-5-6-9-22(16-17-29-27(37)38-28(2,3)4)26-30-19-31-36(26)18-20-12-14-21(15-13-20)23-10-7-8-11-24(23)25-32-34-35-33-25/h7-8,10-15,19,22H,5-6,9,16-18H2,1-4H3,(H,29,37)(H,32,33,34,35). The molecule has 0 fully saturated rings. The number of aromatic nitrogens is 7. The molecule has 1 amide bonds. The number of alkyl carbamates (subject to hydrolysis) is 1. The molecule has 38 heavy (non-hydrogen) atoms. The highest BCUT2D eigenvalue weighted by Gasteiger charge is 2.20. The number of nitrogens with one attached hydrogen (secondary N) is 2. The largest absolute Gasteiger partial charge is 0.444 e. The molecule has 2 aromatic carbocycles. The van der Waals surface area contributed by atoms with Crippen molar-refractivity contribution in [2.75, 3.05) is 6.54 Å². The maximum absolute atomic E-state index is 12.1. The Morgan fingerprint density at radius 2 is 1.84 bits per heavy atom. The Hall–Kier alpha value is -4.08. The van der Waals surface area contributed by atoms with Crippen molar-refractivity contribution in [2.45, 2.75) is 71.4 Å². The molecule has 0 saturated carbocycles. The number of rotatable bonds is 11. The van der Waals surface area contributed by atoms with Gasteiger partial charge in [-0.3, -0.25) is 0 Å². The second kappa shape index (κ2) is 12.4. The Bertz CT molecular complexity index is 1290. The van der Waals surface area contributed by atoms with Crippen molar-refractivity contribution in [3.05, 3.63) is 66.2 Å². The van der Waals surface area contributed by atoms with Gasteiger partial charge in [-0.25, -0.2) is 19.6 Å². The molecule has 0 saturated heterocycles. The summed E-state index contributed by atoms with van der Waals surface area (Å²) in [6.07, 6.45) is 5.15. The van der Waals surface area contributed by atoms with E-state index < -0.39 is 11.7 Å². The van der Waals surface area contributed by atoms with Gasteiger partial charge < -0.3 is 10.1 Å². The van der Waals surface area contributed by atoms with E-state index in [1.807, 2.05) is 43.7 Å². The first-order chi connectivity index (χ1) is 18.3. The lowest BCUT2D eigenvalue weighted by atomic mass is 9.97. The number of tetrazole rings is 1. The van der Waals surface area contributed by atoms with Crippen molar-refractivity contribution in [3.8, 4) is 22.5 Å². The Balaban J connectivity index is 1.45. The van der Waals surface area contributed by atoms with Crippen LogP contribution in [0.2, 0.25) is 0 Å². The van der Waals surface area contributed by atoms with Gasteiger partial charge >= 0.3 is 6.09 Å². The minimum Gasteiger partial charge on any atom is -0.444 e. The average molecular weight is 517 g/mol. The van der Waals surface area contributed by atoms with Crippen LogP contribution in [0.25, 0.3) is 22.5 Å². The van der Waals surface area contributed by atoms with Crippen molar-refractivity contribution < 1.29 is 9.53 Å². The molecule has 1 unspecified atom stereocenters. The first kappa shape index (κ1) is 27.0. The topological polar surface area (TPSA) is 124 Å². The Kier molecular flexibility index (Phi) is 8.83. The first-order valence-electron chi connectivity index (χ1n) is 13.1. The van der Waals surface area contributed by atoms with Crippen LogP contribution in [0.15, 0.2) is 54.9 Å². The number of H-pyrrole nitrogens is 1. The molecule has 0 aliphatic rings. The Morgan fingerprint density at radius 1 is 1.08 bits per heavy atom. The van der Waals surface area contributed by atoms with E-state index >= 15 is 0 Å². The van der Waals surface area contributed by atoms with Crippen LogP contribution >= 0.6 is 0 Å². The highest BCUT2D eigenvalue weighted by Crippen LogP contribution is 2.30. The molecule has 200 valence electrons. The number of hydrogen-bond acceptors (Lipinski definition) is 7. The summed E-state index contributed by atoms with van der Waals surface area (Å²) >= 11 is 0. The van der Waals surface area contributed by atoms with Gasteiger partial charge in [0.05, 0.1) is 6.54 Å². The van der Waals surface area contributed by atoms with Crippen LogP contribution in [-0.4, -0.2) is 53.6 Å². The summed E-state index contributed by atoms with van der Waals surface area (Å²) in [7, 11) is 0. The van der Waals surface area contributed by atoms with E-state index in [2.05, 4.69) is 73.3 Å². The summed E-state index contributed by atoms with van der Waals surface area (Å²) < 4.78 is 7.34.